The summed E-state index contributed by atoms with van der Waals surface area (Å²) in [6.45, 7) is 5.79. The Morgan fingerprint density at radius 2 is 2.11 bits per heavy atom. The lowest BCUT2D eigenvalue weighted by Crippen LogP contribution is -2.19. The van der Waals surface area contributed by atoms with E-state index in [9.17, 15) is 4.79 Å². The van der Waals surface area contributed by atoms with Gasteiger partial charge in [-0.3, -0.25) is 4.79 Å². The summed E-state index contributed by atoms with van der Waals surface area (Å²) < 4.78 is 0. The van der Waals surface area contributed by atoms with Crippen molar-refractivity contribution < 1.29 is 9.90 Å². The summed E-state index contributed by atoms with van der Waals surface area (Å²) >= 11 is 6.03. The molecule has 1 aromatic carbocycles. The van der Waals surface area contributed by atoms with E-state index in [-0.39, 0.29) is 17.9 Å². The molecule has 0 atom stereocenters. The third-order valence-corrected chi connectivity index (χ3v) is 2.57. The molecule has 0 heterocycles. The van der Waals surface area contributed by atoms with E-state index in [4.69, 9.17) is 16.7 Å². The molecule has 0 aromatic heterocycles. The number of carbonyl (C=O) groups is 1. The first-order valence-corrected chi connectivity index (χ1v) is 6.39. The van der Waals surface area contributed by atoms with Crippen molar-refractivity contribution in [1.29, 1.82) is 0 Å². The maximum atomic E-state index is 11.9. The average Bonchev–Trinajstić information content (AvgIpc) is 2.27. The van der Waals surface area contributed by atoms with Crippen molar-refractivity contribution in [3.63, 3.8) is 0 Å². The number of anilines is 1. The molecule has 1 aromatic rings. The average molecular weight is 280 g/mol. The van der Waals surface area contributed by atoms with Crippen molar-refractivity contribution in [2.24, 2.45) is 5.41 Å². The van der Waals surface area contributed by atoms with Crippen molar-refractivity contribution in [3.05, 3.63) is 28.8 Å². The van der Waals surface area contributed by atoms with E-state index in [1.54, 1.807) is 18.2 Å². The highest BCUT2D eigenvalue weighted by Gasteiger charge is 2.16. The highest BCUT2D eigenvalue weighted by Crippen LogP contribution is 2.25. The van der Waals surface area contributed by atoms with Gasteiger partial charge < -0.3 is 10.4 Å². The minimum Gasteiger partial charge on any atom is -0.384 e. The van der Waals surface area contributed by atoms with E-state index in [1.807, 2.05) is 20.8 Å². The highest BCUT2D eigenvalue weighted by atomic mass is 35.5. The normalized spacial score (nSPS) is 10.6. The number of benzene rings is 1. The summed E-state index contributed by atoms with van der Waals surface area (Å²) in [7, 11) is 0. The second-order valence-electron chi connectivity index (χ2n) is 5.44. The van der Waals surface area contributed by atoms with Crippen molar-refractivity contribution in [2.45, 2.75) is 27.2 Å². The smallest absolute Gasteiger partial charge is 0.224 e. The fourth-order valence-corrected chi connectivity index (χ4v) is 1.68. The van der Waals surface area contributed by atoms with Crippen LogP contribution < -0.4 is 5.32 Å². The van der Waals surface area contributed by atoms with Gasteiger partial charge in [0.15, 0.2) is 0 Å². The van der Waals surface area contributed by atoms with Crippen LogP contribution in [-0.4, -0.2) is 17.6 Å². The summed E-state index contributed by atoms with van der Waals surface area (Å²) in [5, 5.41) is 11.9. The van der Waals surface area contributed by atoms with Gasteiger partial charge in [0, 0.05) is 12.0 Å². The number of amides is 1. The van der Waals surface area contributed by atoms with Gasteiger partial charge in [-0.2, -0.15) is 0 Å². The van der Waals surface area contributed by atoms with Crippen LogP contribution in [0.25, 0.3) is 0 Å². The lowest BCUT2D eigenvalue weighted by atomic mass is 9.92. The zero-order valence-electron chi connectivity index (χ0n) is 11.4. The molecule has 1 amide bonds. The van der Waals surface area contributed by atoms with Gasteiger partial charge in [0.2, 0.25) is 5.91 Å². The Morgan fingerprint density at radius 3 is 2.68 bits per heavy atom. The fourth-order valence-electron chi connectivity index (χ4n) is 1.52. The van der Waals surface area contributed by atoms with Gasteiger partial charge in [0.05, 0.1) is 10.7 Å². The maximum absolute atomic E-state index is 11.9. The Kier molecular flexibility index (Phi) is 5.41. The number of nitrogens with one attached hydrogen (secondary N) is 1. The minimum atomic E-state index is -0.200. The molecular weight excluding hydrogens is 262 g/mol. The molecule has 0 unspecified atom stereocenters. The SMILES string of the molecule is CC(C)(C)CC(=O)Nc1cc(C#CCO)ccc1Cl. The zero-order valence-corrected chi connectivity index (χ0v) is 12.1. The molecule has 19 heavy (non-hydrogen) atoms. The van der Waals surface area contributed by atoms with Gasteiger partial charge in [-0.15, -0.1) is 0 Å². The van der Waals surface area contributed by atoms with Crippen molar-refractivity contribution in [2.75, 3.05) is 11.9 Å². The van der Waals surface area contributed by atoms with Crippen LogP contribution in [0.1, 0.15) is 32.8 Å². The first-order chi connectivity index (χ1) is 8.81. The number of rotatable bonds is 2. The fraction of sp³-hybridized carbons (Fsp3) is 0.400. The molecule has 0 aliphatic rings. The number of carbonyl (C=O) groups excluding carboxylic acids is 1. The van der Waals surface area contributed by atoms with Gasteiger partial charge in [0.25, 0.3) is 0 Å². The van der Waals surface area contributed by atoms with Crippen LogP contribution in [0, 0.1) is 17.3 Å². The Morgan fingerprint density at radius 1 is 1.42 bits per heavy atom. The number of aliphatic hydroxyl groups excluding tert-OH is 1. The standard InChI is InChI=1S/C15H18ClNO2/c1-15(2,3)10-14(19)17-13-9-11(5-4-8-18)6-7-12(13)16/h6-7,9,18H,8,10H2,1-3H3,(H,17,19). The summed E-state index contributed by atoms with van der Waals surface area (Å²) in [5.74, 6) is 5.24. The predicted octanol–water partition coefficient (Wildman–Crippen LogP) is 3.06. The molecule has 0 aliphatic heterocycles. The minimum absolute atomic E-state index is 0.0785. The lowest BCUT2D eigenvalue weighted by Gasteiger charge is -2.17. The van der Waals surface area contributed by atoms with Crippen LogP contribution in [0.4, 0.5) is 5.69 Å². The molecule has 0 radical (unpaired) electrons. The van der Waals surface area contributed by atoms with E-state index < -0.39 is 0 Å². The second kappa shape index (κ2) is 6.60. The van der Waals surface area contributed by atoms with Crippen molar-refractivity contribution >= 4 is 23.2 Å². The molecular formula is C15H18ClNO2. The first-order valence-electron chi connectivity index (χ1n) is 6.01. The Balaban J connectivity index is 2.85. The molecule has 3 nitrogen and oxygen atoms in total. The van der Waals surface area contributed by atoms with Gasteiger partial charge in [-0.1, -0.05) is 44.2 Å². The Bertz CT molecular complexity index is 521. The van der Waals surface area contributed by atoms with Crippen LogP contribution in [-0.2, 0) is 4.79 Å². The molecule has 2 N–H and O–H groups in total. The maximum Gasteiger partial charge on any atom is 0.224 e. The molecule has 0 saturated carbocycles. The van der Waals surface area contributed by atoms with Crippen LogP contribution in [0.15, 0.2) is 18.2 Å². The van der Waals surface area contributed by atoms with E-state index in [2.05, 4.69) is 17.2 Å². The third-order valence-electron chi connectivity index (χ3n) is 2.24. The molecule has 0 saturated heterocycles. The Labute approximate surface area is 119 Å². The van der Waals surface area contributed by atoms with Crippen molar-refractivity contribution in [3.8, 4) is 11.8 Å². The van der Waals surface area contributed by atoms with Gasteiger partial charge >= 0.3 is 0 Å². The van der Waals surface area contributed by atoms with Crippen molar-refractivity contribution in [1.82, 2.24) is 0 Å². The largest absolute Gasteiger partial charge is 0.384 e. The first kappa shape index (κ1) is 15.6. The highest BCUT2D eigenvalue weighted by molar-refractivity contribution is 6.33. The van der Waals surface area contributed by atoms with Crippen LogP contribution in [0.2, 0.25) is 5.02 Å². The summed E-state index contributed by atoms with van der Waals surface area (Å²) in [6, 6.07) is 5.12. The number of hydrogen-bond acceptors (Lipinski definition) is 2. The molecule has 4 heteroatoms. The van der Waals surface area contributed by atoms with E-state index in [0.717, 1.165) is 0 Å². The zero-order chi connectivity index (χ0) is 14.5. The number of hydrogen-bond donors (Lipinski definition) is 2. The second-order valence-corrected chi connectivity index (χ2v) is 5.85. The van der Waals surface area contributed by atoms with Crippen LogP contribution in [0.5, 0.6) is 0 Å². The Hall–Kier alpha value is -1.50. The molecule has 0 bridgehead atoms. The topological polar surface area (TPSA) is 49.3 Å². The van der Waals surface area contributed by atoms with Crippen LogP contribution >= 0.6 is 11.6 Å². The molecule has 102 valence electrons. The quantitative estimate of drug-likeness (QED) is 0.818. The molecule has 1 rings (SSSR count). The van der Waals surface area contributed by atoms with Gasteiger partial charge in [-0.05, 0) is 23.6 Å². The third kappa shape index (κ3) is 5.78. The molecule has 0 fully saturated rings. The van der Waals surface area contributed by atoms with E-state index in [0.29, 0.717) is 22.7 Å². The number of aliphatic hydroxyl groups is 1. The monoisotopic (exact) mass is 279 g/mol. The predicted molar refractivity (Wildman–Crippen MR) is 78.1 cm³/mol. The molecule has 0 spiro atoms. The van der Waals surface area contributed by atoms with Gasteiger partial charge in [0.1, 0.15) is 6.61 Å². The van der Waals surface area contributed by atoms with E-state index in [1.165, 1.54) is 0 Å². The van der Waals surface area contributed by atoms with E-state index >= 15 is 0 Å². The van der Waals surface area contributed by atoms with Crippen LogP contribution in [0.3, 0.4) is 0 Å². The molecule has 0 aliphatic carbocycles. The lowest BCUT2D eigenvalue weighted by molar-refractivity contribution is -0.117. The summed E-state index contributed by atoms with van der Waals surface area (Å²) in [6.07, 6.45) is 0.413. The summed E-state index contributed by atoms with van der Waals surface area (Å²) in [5.41, 5.74) is 1.16. The summed E-state index contributed by atoms with van der Waals surface area (Å²) in [4.78, 5) is 11.9. The number of halogens is 1. The van der Waals surface area contributed by atoms with Gasteiger partial charge in [-0.25, -0.2) is 0 Å².